The summed E-state index contributed by atoms with van der Waals surface area (Å²) in [7, 11) is 0. The Hall–Kier alpha value is -2.70. The van der Waals surface area contributed by atoms with E-state index in [2.05, 4.69) is 16.8 Å². The molecular formula is C24H25ClFN3O2. The summed E-state index contributed by atoms with van der Waals surface area (Å²) in [5, 5.41) is 1.40. The Morgan fingerprint density at radius 2 is 1.90 bits per heavy atom. The molecule has 162 valence electrons. The lowest BCUT2D eigenvalue weighted by molar-refractivity contribution is -0.139. The van der Waals surface area contributed by atoms with Crippen molar-refractivity contribution in [2.24, 2.45) is 0 Å². The highest BCUT2D eigenvalue weighted by Crippen LogP contribution is 2.29. The van der Waals surface area contributed by atoms with Crippen molar-refractivity contribution in [1.82, 2.24) is 14.8 Å². The quantitative estimate of drug-likeness (QED) is 0.583. The molecule has 2 aromatic carbocycles. The predicted molar refractivity (Wildman–Crippen MR) is 120 cm³/mol. The van der Waals surface area contributed by atoms with Crippen LogP contribution in [0.4, 0.5) is 4.39 Å². The molecule has 7 heteroatoms. The van der Waals surface area contributed by atoms with Crippen LogP contribution < -0.4 is 4.74 Å². The first kappa shape index (κ1) is 21.5. The van der Waals surface area contributed by atoms with Gasteiger partial charge >= 0.3 is 0 Å². The van der Waals surface area contributed by atoms with Crippen molar-refractivity contribution in [3.8, 4) is 5.75 Å². The van der Waals surface area contributed by atoms with E-state index in [9.17, 15) is 9.18 Å². The zero-order valence-electron chi connectivity index (χ0n) is 17.6. The van der Waals surface area contributed by atoms with E-state index >= 15 is 0 Å². The number of fused-ring (bicyclic) bond motifs is 1. The van der Waals surface area contributed by atoms with Gasteiger partial charge in [0, 0.05) is 43.3 Å². The third kappa shape index (κ3) is 4.81. The second kappa shape index (κ2) is 9.20. The molecule has 4 rings (SSSR count). The minimum Gasteiger partial charge on any atom is -0.481 e. The van der Waals surface area contributed by atoms with E-state index in [-0.39, 0.29) is 30.4 Å². The van der Waals surface area contributed by atoms with E-state index in [1.807, 2.05) is 36.1 Å². The maximum absolute atomic E-state index is 13.2. The van der Waals surface area contributed by atoms with E-state index in [0.29, 0.717) is 22.8 Å². The van der Waals surface area contributed by atoms with Gasteiger partial charge in [0.25, 0.3) is 5.91 Å². The molecule has 1 saturated heterocycles. The molecule has 31 heavy (non-hydrogen) atoms. The molecule has 3 aromatic rings. The summed E-state index contributed by atoms with van der Waals surface area (Å²) in [6.45, 7) is 6.18. The summed E-state index contributed by atoms with van der Waals surface area (Å²) in [6, 6.07) is 14.0. The van der Waals surface area contributed by atoms with E-state index in [1.54, 1.807) is 18.3 Å². The van der Waals surface area contributed by atoms with Crippen molar-refractivity contribution in [1.29, 1.82) is 0 Å². The number of nitrogens with zero attached hydrogens (tertiary/aromatic N) is 3. The second-order valence-electron chi connectivity index (χ2n) is 8.03. The summed E-state index contributed by atoms with van der Waals surface area (Å²) in [5.41, 5.74) is 1.71. The Kier molecular flexibility index (Phi) is 6.39. The number of aromatic nitrogens is 1. The lowest BCUT2D eigenvalue weighted by atomic mass is 10.1. The van der Waals surface area contributed by atoms with E-state index in [1.165, 1.54) is 12.1 Å². The number of rotatable bonds is 5. The number of hydrogen-bond acceptors (Lipinski definition) is 4. The average molecular weight is 442 g/mol. The molecule has 2 heterocycles. The van der Waals surface area contributed by atoms with E-state index in [4.69, 9.17) is 16.3 Å². The number of piperazine rings is 1. The number of pyridine rings is 1. The molecule has 0 unspecified atom stereocenters. The van der Waals surface area contributed by atoms with Gasteiger partial charge in [0.05, 0.1) is 5.02 Å². The first-order valence-corrected chi connectivity index (χ1v) is 10.7. The molecule has 1 aromatic heterocycles. The van der Waals surface area contributed by atoms with Gasteiger partial charge in [-0.1, -0.05) is 23.7 Å². The fourth-order valence-corrected chi connectivity index (χ4v) is 4.26. The molecule has 2 atom stereocenters. The van der Waals surface area contributed by atoms with Crippen LogP contribution in [-0.2, 0) is 11.3 Å². The SMILES string of the molecule is C[C@@H]1CN(Cc2ccc(F)cc2)[C@@H](C)CN1C(=O)COc1ccc(Cl)c2cccnc12. The molecule has 0 saturated carbocycles. The lowest BCUT2D eigenvalue weighted by Crippen LogP contribution is -2.58. The number of carbonyl (C=O) groups excluding carboxylic acids is 1. The molecular weight excluding hydrogens is 417 g/mol. The van der Waals surface area contributed by atoms with Crippen molar-refractivity contribution < 1.29 is 13.9 Å². The molecule has 0 spiro atoms. The standard InChI is InChI=1S/C24H25ClFN3O2/c1-16-13-29(17(2)12-28(16)14-18-5-7-19(26)8-6-18)23(30)15-31-22-10-9-21(25)20-4-3-11-27-24(20)22/h3-11,16-17H,12-15H2,1-2H3/t16-,17+/m0/s1. The Balaban J connectivity index is 1.39. The fourth-order valence-electron chi connectivity index (χ4n) is 4.04. The van der Waals surface area contributed by atoms with Gasteiger partial charge in [0.1, 0.15) is 17.1 Å². The van der Waals surface area contributed by atoms with Crippen LogP contribution in [-0.4, -0.2) is 52.5 Å². The van der Waals surface area contributed by atoms with Crippen LogP contribution in [0.3, 0.4) is 0 Å². The van der Waals surface area contributed by atoms with Crippen molar-refractivity contribution >= 4 is 28.4 Å². The fraction of sp³-hybridized carbons (Fsp3) is 0.333. The largest absolute Gasteiger partial charge is 0.481 e. The molecule has 0 bridgehead atoms. The van der Waals surface area contributed by atoms with Crippen LogP contribution in [0, 0.1) is 5.82 Å². The smallest absolute Gasteiger partial charge is 0.260 e. The Morgan fingerprint density at radius 1 is 1.13 bits per heavy atom. The number of benzene rings is 2. The van der Waals surface area contributed by atoms with Crippen LogP contribution in [0.25, 0.3) is 10.9 Å². The van der Waals surface area contributed by atoms with Gasteiger partial charge in [-0.15, -0.1) is 0 Å². The zero-order valence-corrected chi connectivity index (χ0v) is 18.3. The summed E-state index contributed by atoms with van der Waals surface area (Å²) < 4.78 is 19.0. The Morgan fingerprint density at radius 3 is 2.68 bits per heavy atom. The first-order valence-electron chi connectivity index (χ1n) is 10.4. The van der Waals surface area contributed by atoms with Crippen molar-refractivity contribution in [3.05, 3.63) is 71.1 Å². The number of hydrogen-bond donors (Lipinski definition) is 0. The zero-order chi connectivity index (χ0) is 22.0. The van der Waals surface area contributed by atoms with E-state index < -0.39 is 0 Å². The summed E-state index contributed by atoms with van der Waals surface area (Å²) >= 11 is 6.23. The van der Waals surface area contributed by atoms with Gasteiger partial charge in [0.15, 0.2) is 6.61 Å². The normalized spacial score (nSPS) is 19.5. The van der Waals surface area contributed by atoms with Gasteiger partial charge < -0.3 is 9.64 Å². The molecule has 1 aliphatic rings. The van der Waals surface area contributed by atoms with Crippen molar-refractivity contribution in [2.75, 3.05) is 19.7 Å². The van der Waals surface area contributed by atoms with Crippen LogP contribution in [0.1, 0.15) is 19.4 Å². The van der Waals surface area contributed by atoms with Gasteiger partial charge in [-0.05, 0) is 55.8 Å². The maximum atomic E-state index is 13.2. The van der Waals surface area contributed by atoms with Gasteiger partial charge in [-0.25, -0.2) is 4.39 Å². The molecule has 0 aliphatic carbocycles. The minimum atomic E-state index is -0.232. The molecule has 1 fully saturated rings. The Labute approximate surface area is 186 Å². The minimum absolute atomic E-state index is 0.0489. The number of halogens is 2. The molecule has 1 aliphatic heterocycles. The van der Waals surface area contributed by atoms with Crippen LogP contribution in [0.15, 0.2) is 54.7 Å². The summed E-state index contributed by atoms with van der Waals surface area (Å²) in [6.07, 6.45) is 1.68. The number of carbonyl (C=O) groups is 1. The van der Waals surface area contributed by atoms with Gasteiger partial charge in [-0.3, -0.25) is 14.7 Å². The predicted octanol–water partition coefficient (Wildman–Crippen LogP) is 4.53. The van der Waals surface area contributed by atoms with E-state index in [0.717, 1.165) is 24.0 Å². The third-order valence-corrected chi connectivity index (χ3v) is 6.09. The summed E-state index contributed by atoms with van der Waals surface area (Å²) in [5.74, 6) is 0.257. The van der Waals surface area contributed by atoms with Crippen molar-refractivity contribution in [3.63, 3.8) is 0 Å². The highest BCUT2D eigenvalue weighted by molar-refractivity contribution is 6.35. The van der Waals surface area contributed by atoms with Gasteiger partial charge in [-0.2, -0.15) is 0 Å². The topological polar surface area (TPSA) is 45.7 Å². The Bertz CT molecular complexity index is 1080. The number of amides is 1. The average Bonchev–Trinajstić information content (AvgIpc) is 2.77. The first-order chi connectivity index (χ1) is 14.9. The molecule has 0 radical (unpaired) electrons. The van der Waals surface area contributed by atoms with Crippen LogP contribution >= 0.6 is 11.6 Å². The summed E-state index contributed by atoms with van der Waals surface area (Å²) in [4.78, 5) is 21.5. The van der Waals surface area contributed by atoms with Gasteiger partial charge in [0.2, 0.25) is 0 Å². The lowest BCUT2D eigenvalue weighted by Gasteiger charge is -2.44. The van der Waals surface area contributed by atoms with Crippen LogP contribution in [0.5, 0.6) is 5.75 Å². The maximum Gasteiger partial charge on any atom is 0.260 e. The monoisotopic (exact) mass is 441 g/mol. The molecule has 1 amide bonds. The second-order valence-corrected chi connectivity index (χ2v) is 8.44. The van der Waals surface area contributed by atoms with Crippen molar-refractivity contribution in [2.45, 2.75) is 32.5 Å². The third-order valence-electron chi connectivity index (χ3n) is 5.76. The highest BCUT2D eigenvalue weighted by Gasteiger charge is 2.32. The number of ether oxygens (including phenoxy) is 1. The molecule has 0 N–H and O–H groups in total. The van der Waals surface area contributed by atoms with Crippen LogP contribution in [0.2, 0.25) is 5.02 Å². The molecule has 5 nitrogen and oxygen atoms in total. The highest BCUT2D eigenvalue weighted by atomic mass is 35.5.